The van der Waals surface area contributed by atoms with Crippen LogP contribution in [0.1, 0.15) is 32.4 Å². The molecule has 8 nitrogen and oxygen atoms in total. The van der Waals surface area contributed by atoms with E-state index in [1.807, 2.05) is 44.2 Å². The van der Waals surface area contributed by atoms with Crippen molar-refractivity contribution in [1.82, 2.24) is 15.4 Å². The fourth-order valence-electron chi connectivity index (χ4n) is 3.00. The molecule has 142 valence electrons. The minimum absolute atomic E-state index is 0.106. The monoisotopic (exact) mass is 371 g/mol. The van der Waals surface area contributed by atoms with Gasteiger partial charge in [0.2, 0.25) is 0 Å². The predicted molar refractivity (Wildman–Crippen MR) is 95.3 cm³/mol. The second-order valence-electron chi connectivity index (χ2n) is 6.32. The molecule has 3 rings (SSSR count). The number of imide groups is 1. The fourth-order valence-corrected chi connectivity index (χ4v) is 3.00. The Labute approximate surface area is 156 Å². The molecule has 0 atom stereocenters. The van der Waals surface area contributed by atoms with Gasteiger partial charge in [-0.05, 0) is 12.8 Å². The third-order valence-electron chi connectivity index (χ3n) is 4.74. The zero-order valence-corrected chi connectivity index (χ0v) is 15.2. The van der Waals surface area contributed by atoms with Gasteiger partial charge in [-0.1, -0.05) is 49.3 Å². The summed E-state index contributed by atoms with van der Waals surface area (Å²) in [5.41, 5.74) is 0.363. The van der Waals surface area contributed by atoms with Gasteiger partial charge in [-0.15, -0.1) is 0 Å². The first-order chi connectivity index (χ1) is 13.0. The highest BCUT2D eigenvalue weighted by molar-refractivity contribution is 6.08. The Kier molecular flexibility index (Phi) is 5.25. The lowest BCUT2D eigenvalue weighted by Crippen LogP contribution is -2.46. The van der Waals surface area contributed by atoms with Crippen LogP contribution in [0.15, 0.2) is 40.9 Å². The molecule has 1 aromatic carbocycles. The molecule has 1 N–H and O–H groups in total. The number of nitrogens with zero attached hydrogens (tertiary/aromatic N) is 2. The molecule has 0 bridgehead atoms. The van der Waals surface area contributed by atoms with E-state index in [4.69, 9.17) is 9.26 Å². The van der Waals surface area contributed by atoms with Gasteiger partial charge in [0.05, 0.1) is 0 Å². The van der Waals surface area contributed by atoms with Crippen LogP contribution in [0.5, 0.6) is 0 Å². The molecule has 0 spiro atoms. The van der Waals surface area contributed by atoms with Gasteiger partial charge >= 0.3 is 12.0 Å². The zero-order chi connectivity index (χ0) is 19.4. The van der Waals surface area contributed by atoms with Crippen LogP contribution < -0.4 is 5.32 Å². The number of aromatic nitrogens is 1. The quantitative estimate of drug-likeness (QED) is 0.593. The Bertz CT molecular complexity index is 842. The third kappa shape index (κ3) is 3.69. The molecular weight excluding hydrogens is 350 g/mol. The molecular formula is C19H21N3O5. The molecule has 1 aromatic heterocycles. The van der Waals surface area contributed by atoms with Crippen LogP contribution >= 0.6 is 0 Å². The molecule has 1 fully saturated rings. The predicted octanol–water partition coefficient (Wildman–Crippen LogP) is 2.50. The van der Waals surface area contributed by atoms with Crippen molar-refractivity contribution in [1.29, 1.82) is 0 Å². The van der Waals surface area contributed by atoms with E-state index < -0.39 is 30.0 Å². The van der Waals surface area contributed by atoms with Crippen LogP contribution in [-0.4, -0.2) is 40.0 Å². The van der Waals surface area contributed by atoms with Crippen molar-refractivity contribution in [3.05, 3.63) is 42.1 Å². The van der Waals surface area contributed by atoms with Gasteiger partial charge in [-0.25, -0.2) is 4.79 Å². The molecule has 1 aliphatic heterocycles. The van der Waals surface area contributed by atoms with E-state index in [1.165, 1.54) is 0 Å². The van der Waals surface area contributed by atoms with E-state index in [2.05, 4.69) is 10.5 Å². The largest absolute Gasteiger partial charge is 0.458 e. The first kappa shape index (κ1) is 18.6. The Morgan fingerprint density at radius 3 is 2.56 bits per heavy atom. The number of carbonyl (C=O) groups is 3. The number of hydrogen-bond acceptors (Lipinski definition) is 6. The van der Waals surface area contributed by atoms with Gasteiger partial charge in [0.1, 0.15) is 24.4 Å². The van der Waals surface area contributed by atoms with Crippen LogP contribution in [0.4, 0.5) is 4.79 Å². The van der Waals surface area contributed by atoms with Gasteiger partial charge < -0.3 is 14.6 Å². The van der Waals surface area contributed by atoms with Crippen molar-refractivity contribution >= 4 is 17.9 Å². The molecule has 27 heavy (non-hydrogen) atoms. The molecule has 2 aromatic rings. The van der Waals surface area contributed by atoms with Crippen molar-refractivity contribution in [2.45, 2.75) is 38.8 Å². The number of urea groups is 1. The molecule has 0 unspecified atom stereocenters. The minimum Gasteiger partial charge on any atom is -0.458 e. The number of rotatable bonds is 7. The van der Waals surface area contributed by atoms with Gasteiger partial charge in [-0.3, -0.25) is 14.5 Å². The molecule has 3 amide bonds. The molecule has 2 heterocycles. The van der Waals surface area contributed by atoms with Gasteiger partial charge in [-0.2, -0.15) is 0 Å². The Morgan fingerprint density at radius 2 is 1.93 bits per heavy atom. The van der Waals surface area contributed by atoms with E-state index in [9.17, 15) is 14.4 Å². The van der Waals surface area contributed by atoms with Crippen molar-refractivity contribution in [2.75, 3.05) is 6.54 Å². The maximum Gasteiger partial charge on any atom is 0.326 e. The summed E-state index contributed by atoms with van der Waals surface area (Å²) in [7, 11) is 0. The maximum atomic E-state index is 12.5. The standard InChI is InChI=1S/C19H21N3O5/c1-3-19(4-2)17(24)22(18(25)20-19)11-16(23)26-12-14-10-15(27-21-14)13-8-6-5-7-9-13/h5-10H,3-4,11-12H2,1-2H3,(H,20,25). The minimum atomic E-state index is -0.936. The summed E-state index contributed by atoms with van der Waals surface area (Å²) in [6, 6.07) is 10.5. The first-order valence-corrected chi connectivity index (χ1v) is 8.80. The number of carbonyl (C=O) groups excluding carboxylic acids is 3. The summed E-state index contributed by atoms with van der Waals surface area (Å²) < 4.78 is 10.4. The highest BCUT2D eigenvalue weighted by Crippen LogP contribution is 2.25. The average Bonchev–Trinajstić information content (AvgIpc) is 3.26. The Balaban J connectivity index is 1.57. The van der Waals surface area contributed by atoms with Crippen LogP contribution in [-0.2, 0) is 20.9 Å². The van der Waals surface area contributed by atoms with Crippen LogP contribution in [0.2, 0.25) is 0 Å². The van der Waals surface area contributed by atoms with Crippen LogP contribution in [0.3, 0.4) is 0 Å². The highest BCUT2D eigenvalue weighted by Gasteiger charge is 2.49. The van der Waals surface area contributed by atoms with Crippen molar-refractivity contribution < 1.29 is 23.6 Å². The lowest BCUT2D eigenvalue weighted by atomic mass is 9.93. The summed E-state index contributed by atoms with van der Waals surface area (Å²) in [4.78, 5) is 37.5. The van der Waals surface area contributed by atoms with Gasteiger partial charge in [0.15, 0.2) is 5.76 Å². The number of nitrogens with one attached hydrogen (secondary N) is 1. The first-order valence-electron chi connectivity index (χ1n) is 8.80. The van der Waals surface area contributed by atoms with Crippen molar-refractivity contribution in [3.8, 4) is 11.3 Å². The highest BCUT2D eigenvalue weighted by atomic mass is 16.5. The van der Waals surface area contributed by atoms with Crippen LogP contribution in [0.25, 0.3) is 11.3 Å². The second-order valence-corrected chi connectivity index (χ2v) is 6.32. The summed E-state index contributed by atoms with van der Waals surface area (Å²) in [5.74, 6) is -0.528. The molecule has 8 heteroatoms. The van der Waals surface area contributed by atoms with Crippen LogP contribution in [0, 0.1) is 0 Å². The average molecular weight is 371 g/mol. The Hall–Kier alpha value is -3.16. The summed E-state index contributed by atoms with van der Waals surface area (Å²) in [5, 5.41) is 6.53. The normalized spacial score (nSPS) is 15.7. The summed E-state index contributed by atoms with van der Waals surface area (Å²) >= 11 is 0. The van der Waals surface area contributed by atoms with E-state index in [0.717, 1.165) is 10.5 Å². The summed E-state index contributed by atoms with van der Waals surface area (Å²) in [6.07, 6.45) is 0.918. The topological polar surface area (TPSA) is 102 Å². The van der Waals surface area contributed by atoms with E-state index >= 15 is 0 Å². The smallest absolute Gasteiger partial charge is 0.326 e. The molecule has 0 radical (unpaired) electrons. The Morgan fingerprint density at radius 1 is 1.22 bits per heavy atom. The summed E-state index contributed by atoms with van der Waals surface area (Å²) in [6.45, 7) is 3.10. The number of esters is 1. The van der Waals surface area contributed by atoms with Gasteiger partial charge in [0.25, 0.3) is 5.91 Å². The number of ether oxygens (including phenoxy) is 1. The lowest BCUT2D eigenvalue weighted by Gasteiger charge is -2.22. The maximum absolute atomic E-state index is 12.5. The number of hydrogen-bond donors (Lipinski definition) is 1. The molecule has 1 saturated heterocycles. The van der Waals surface area contributed by atoms with E-state index in [-0.39, 0.29) is 6.61 Å². The second kappa shape index (κ2) is 7.61. The van der Waals surface area contributed by atoms with E-state index in [1.54, 1.807) is 6.07 Å². The SMILES string of the molecule is CCC1(CC)NC(=O)N(CC(=O)OCc2cc(-c3ccccc3)on2)C1=O. The molecule has 0 aliphatic carbocycles. The molecule has 1 aliphatic rings. The lowest BCUT2D eigenvalue weighted by molar-refractivity contribution is -0.149. The number of amides is 3. The van der Waals surface area contributed by atoms with Crippen molar-refractivity contribution in [3.63, 3.8) is 0 Å². The van der Waals surface area contributed by atoms with E-state index in [0.29, 0.717) is 24.3 Å². The van der Waals surface area contributed by atoms with Crippen molar-refractivity contribution in [2.24, 2.45) is 0 Å². The fraction of sp³-hybridized carbons (Fsp3) is 0.368. The zero-order valence-electron chi connectivity index (χ0n) is 15.2. The van der Waals surface area contributed by atoms with Gasteiger partial charge in [0, 0.05) is 11.6 Å². The molecule has 0 saturated carbocycles. The number of benzene rings is 1. The third-order valence-corrected chi connectivity index (χ3v) is 4.74.